The Bertz CT molecular complexity index is 189. The fourth-order valence-corrected chi connectivity index (χ4v) is 2.31. The molecule has 1 heterocycles. The van der Waals surface area contributed by atoms with Gasteiger partial charge >= 0.3 is 0 Å². The van der Waals surface area contributed by atoms with Gasteiger partial charge in [-0.25, -0.2) is 0 Å². The van der Waals surface area contributed by atoms with E-state index in [0.717, 1.165) is 38.4 Å². The summed E-state index contributed by atoms with van der Waals surface area (Å²) in [5.41, 5.74) is 0. The van der Waals surface area contributed by atoms with Crippen LogP contribution < -0.4 is 0 Å². The Morgan fingerprint density at radius 3 is 2.24 bits per heavy atom. The Balaban J connectivity index is 2.01. The lowest BCUT2D eigenvalue weighted by atomic mass is 10.0. The van der Waals surface area contributed by atoms with E-state index in [2.05, 4.69) is 30.7 Å². The molecule has 1 saturated heterocycles. The predicted molar refractivity (Wildman–Crippen MR) is 73.2 cm³/mol. The van der Waals surface area contributed by atoms with Crippen molar-refractivity contribution >= 4 is 0 Å². The predicted octanol–water partition coefficient (Wildman–Crippen LogP) is 1.81. The smallest absolute Gasteiger partial charge is 0.0552 e. The molecule has 17 heavy (non-hydrogen) atoms. The van der Waals surface area contributed by atoms with Crippen molar-refractivity contribution in [3.63, 3.8) is 0 Å². The molecule has 0 saturated carbocycles. The molecule has 0 radical (unpaired) electrons. The molecule has 102 valence electrons. The molecule has 0 spiro atoms. The van der Waals surface area contributed by atoms with Crippen molar-refractivity contribution in [3.05, 3.63) is 0 Å². The summed E-state index contributed by atoms with van der Waals surface area (Å²) >= 11 is 0. The standard InChI is InChI=1S/C14H30N2O/c1-13(2)5-4-6-14(17)7-8-16-11-9-15(3)10-12-16/h13-14,17H,4-12H2,1-3H3/t14-/m0/s1. The number of piperazine rings is 1. The number of aliphatic hydroxyl groups is 1. The molecule has 0 aromatic carbocycles. The summed E-state index contributed by atoms with van der Waals surface area (Å²) in [7, 11) is 2.18. The van der Waals surface area contributed by atoms with Crippen molar-refractivity contribution in [1.29, 1.82) is 0 Å². The van der Waals surface area contributed by atoms with Crippen LogP contribution in [-0.2, 0) is 0 Å². The zero-order valence-corrected chi connectivity index (χ0v) is 11.9. The van der Waals surface area contributed by atoms with Crippen LogP contribution in [0.4, 0.5) is 0 Å². The second-order valence-corrected chi connectivity index (χ2v) is 5.91. The summed E-state index contributed by atoms with van der Waals surface area (Å²) in [5.74, 6) is 0.764. The molecule has 1 fully saturated rings. The van der Waals surface area contributed by atoms with Gasteiger partial charge in [-0.15, -0.1) is 0 Å². The molecule has 1 N–H and O–H groups in total. The lowest BCUT2D eigenvalue weighted by molar-refractivity contribution is 0.106. The minimum absolute atomic E-state index is 0.0894. The SMILES string of the molecule is CC(C)CCC[C@H](O)CCN1CCN(C)CC1. The average molecular weight is 242 g/mol. The largest absolute Gasteiger partial charge is 0.393 e. The Morgan fingerprint density at radius 1 is 1.00 bits per heavy atom. The second-order valence-electron chi connectivity index (χ2n) is 5.91. The van der Waals surface area contributed by atoms with Gasteiger partial charge in [-0.2, -0.15) is 0 Å². The van der Waals surface area contributed by atoms with Gasteiger partial charge in [-0.1, -0.05) is 26.7 Å². The molecule has 0 bridgehead atoms. The van der Waals surface area contributed by atoms with Crippen LogP contribution in [0.2, 0.25) is 0 Å². The Morgan fingerprint density at radius 2 is 1.65 bits per heavy atom. The number of nitrogens with zero attached hydrogens (tertiary/aromatic N) is 2. The third-order valence-electron chi connectivity index (χ3n) is 3.69. The topological polar surface area (TPSA) is 26.7 Å². The average Bonchev–Trinajstić information content (AvgIpc) is 2.28. The summed E-state index contributed by atoms with van der Waals surface area (Å²) in [4.78, 5) is 4.85. The van der Waals surface area contributed by atoms with E-state index < -0.39 is 0 Å². The molecule has 0 aliphatic carbocycles. The third kappa shape index (κ3) is 7.02. The highest BCUT2D eigenvalue weighted by Gasteiger charge is 2.14. The van der Waals surface area contributed by atoms with Crippen LogP contribution in [0.25, 0.3) is 0 Å². The van der Waals surface area contributed by atoms with Gasteiger partial charge in [-0.3, -0.25) is 0 Å². The van der Waals surface area contributed by atoms with Gasteiger partial charge in [0.2, 0.25) is 0 Å². The van der Waals surface area contributed by atoms with Crippen LogP contribution >= 0.6 is 0 Å². The van der Waals surface area contributed by atoms with E-state index in [1.54, 1.807) is 0 Å². The van der Waals surface area contributed by atoms with E-state index in [1.807, 2.05) is 0 Å². The molecule has 0 aromatic heterocycles. The maximum Gasteiger partial charge on any atom is 0.0552 e. The van der Waals surface area contributed by atoms with Crippen LogP contribution in [0.1, 0.15) is 39.5 Å². The number of hydrogen-bond acceptors (Lipinski definition) is 3. The van der Waals surface area contributed by atoms with Crippen molar-refractivity contribution in [1.82, 2.24) is 9.80 Å². The number of aliphatic hydroxyl groups excluding tert-OH is 1. The van der Waals surface area contributed by atoms with E-state index in [0.29, 0.717) is 0 Å². The molecular weight excluding hydrogens is 212 g/mol. The van der Waals surface area contributed by atoms with Crippen LogP contribution in [0, 0.1) is 5.92 Å². The highest BCUT2D eigenvalue weighted by Crippen LogP contribution is 2.11. The lowest BCUT2D eigenvalue weighted by Gasteiger charge is -2.32. The fraction of sp³-hybridized carbons (Fsp3) is 1.00. The maximum absolute atomic E-state index is 9.91. The van der Waals surface area contributed by atoms with Crippen LogP contribution in [0.3, 0.4) is 0 Å². The molecular formula is C14H30N2O. The molecule has 1 aliphatic rings. The zero-order valence-electron chi connectivity index (χ0n) is 11.9. The molecule has 0 unspecified atom stereocenters. The summed E-state index contributed by atoms with van der Waals surface area (Å²) in [6, 6.07) is 0. The molecule has 1 aliphatic heterocycles. The van der Waals surface area contributed by atoms with Crippen molar-refractivity contribution in [2.75, 3.05) is 39.8 Å². The van der Waals surface area contributed by atoms with Gasteiger partial charge in [0.15, 0.2) is 0 Å². The minimum Gasteiger partial charge on any atom is -0.393 e. The minimum atomic E-state index is -0.0894. The van der Waals surface area contributed by atoms with Gasteiger partial charge in [0.25, 0.3) is 0 Å². The van der Waals surface area contributed by atoms with Crippen LogP contribution in [-0.4, -0.2) is 60.8 Å². The zero-order chi connectivity index (χ0) is 12.7. The van der Waals surface area contributed by atoms with Crippen molar-refractivity contribution in [2.45, 2.75) is 45.6 Å². The summed E-state index contributed by atoms with van der Waals surface area (Å²) in [6.07, 6.45) is 4.24. The molecule has 0 aromatic rings. The van der Waals surface area contributed by atoms with Gasteiger partial charge in [0, 0.05) is 32.7 Å². The van der Waals surface area contributed by atoms with Crippen molar-refractivity contribution < 1.29 is 5.11 Å². The first-order chi connectivity index (χ1) is 8.08. The highest BCUT2D eigenvalue weighted by atomic mass is 16.3. The molecule has 0 amide bonds. The van der Waals surface area contributed by atoms with Crippen molar-refractivity contribution in [2.24, 2.45) is 5.92 Å². The lowest BCUT2D eigenvalue weighted by Crippen LogP contribution is -2.45. The molecule has 1 atom stereocenters. The van der Waals surface area contributed by atoms with Gasteiger partial charge < -0.3 is 14.9 Å². The van der Waals surface area contributed by atoms with Gasteiger partial charge in [-0.05, 0) is 25.8 Å². The number of hydrogen-bond donors (Lipinski definition) is 1. The first kappa shape index (κ1) is 14.9. The number of likely N-dealkylation sites (N-methyl/N-ethyl adjacent to an activating group) is 1. The van der Waals surface area contributed by atoms with E-state index in [-0.39, 0.29) is 6.10 Å². The summed E-state index contributed by atoms with van der Waals surface area (Å²) in [5, 5.41) is 9.91. The second kappa shape index (κ2) is 8.06. The van der Waals surface area contributed by atoms with Gasteiger partial charge in [0.05, 0.1) is 6.10 Å². The van der Waals surface area contributed by atoms with E-state index in [4.69, 9.17) is 0 Å². The summed E-state index contributed by atoms with van der Waals surface area (Å²) in [6.45, 7) is 10.2. The van der Waals surface area contributed by atoms with Crippen molar-refractivity contribution in [3.8, 4) is 0 Å². The van der Waals surface area contributed by atoms with E-state index in [9.17, 15) is 5.11 Å². The Kier molecular flexibility index (Phi) is 7.09. The van der Waals surface area contributed by atoms with Crippen LogP contribution in [0.5, 0.6) is 0 Å². The Hall–Kier alpha value is -0.120. The fourth-order valence-electron chi connectivity index (χ4n) is 2.31. The van der Waals surface area contributed by atoms with E-state index in [1.165, 1.54) is 25.9 Å². The first-order valence-electron chi connectivity index (χ1n) is 7.17. The van der Waals surface area contributed by atoms with E-state index >= 15 is 0 Å². The molecule has 1 rings (SSSR count). The quantitative estimate of drug-likeness (QED) is 0.737. The number of rotatable bonds is 7. The third-order valence-corrected chi connectivity index (χ3v) is 3.69. The first-order valence-corrected chi connectivity index (χ1v) is 7.17. The van der Waals surface area contributed by atoms with Crippen LogP contribution in [0.15, 0.2) is 0 Å². The summed E-state index contributed by atoms with van der Waals surface area (Å²) < 4.78 is 0. The normalized spacial score (nSPS) is 21.0. The molecule has 3 nitrogen and oxygen atoms in total. The van der Waals surface area contributed by atoms with Gasteiger partial charge in [0.1, 0.15) is 0 Å². The molecule has 3 heteroatoms. The Labute approximate surface area is 107 Å². The highest BCUT2D eigenvalue weighted by molar-refractivity contribution is 4.70. The monoisotopic (exact) mass is 242 g/mol. The maximum atomic E-state index is 9.91.